The van der Waals surface area contributed by atoms with Crippen LogP contribution in [0.3, 0.4) is 0 Å². The molecule has 1 aromatic heterocycles. The molecule has 0 atom stereocenters. The molecule has 0 spiro atoms. The number of benzene rings is 1. The molecule has 1 heterocycles. The summed E-state index contributed by atoms with van der Waals surface area (Å²) >= 11 is 1.56. The molecular formula is C15H18N4S. The highest BCUT2D eigenvalue weighted by molar-refractivity contribution is 7.09. The molecule has 4 rings (SSSR count). The summed E-state index contributed by atoms with van der Waals surface area (Å²) in [6.07, 6.45) is 5.07. The Labute approximate surface area is 122 Å². The molecule has 2 aliphatic carbocycles. The average Bonchev–Trinajstić information content (AvgIpc) is 3.37. The molecule has 2 N–H and O–H groups in total. The van der Waals surface area contributed by atoms with Crippen LogP contribution in [0.1, 0.15) is 43.0 Å². The summed E-state index contributed by atoms with van der Waals surface area (Å²) in [4.78, 5) is 7.17. The van der Waals surface area contributed by atoms with Gasteiger partial charge < -0.3 is 10.6 Å². The van der Waals surface area contributed by atoms with Gasteiger partial charge in [0.25, 0.3) is 0 Å². The van der Waals surface area contributed by atoms with Crippen molar-refractivity contribution >= 4 is 22.4 Å². The molecule has 0 bridgehead atoms. The summed E-state index contributed by atoms with van der Waals surface area (Å²) in [5.74, 6) is 1.70. The van der Waals surface area contributed by atoms with Crippen molar-refractivity contribution in [2.75, 3.05) is 10.6 Å². The van der Waals surface area contributed by atoms with Crippen molar-refractivity contribution in [3.05, 3.63) is 35.7 Å². The second kappa shape index (κ2) is 4.74. The highest BCUT2D eigenvalue weighted by Crippen LogP contribution is 2.41. The van der Waals surface area contributed by atoms with Crippen LogP contribution in [0.25, 0.3) is 0 Å². The first kappa shape index (κ1) is 12.1. The fourth-order valence-electron chi connectivity index (χ4n) is 2.41. The molecule has 104 valence electrons. The van der Waals surface area contributed by atoms with E-state index in [0.29, 0.717) is 12.0 Å². The van der Waals surface area contributed by atoms with Gasteiger partial charge in [0.2, 0.25) is 5.13 Å². The molecular weight excluding hydrogens is 268 g/mol. The fourth-order valence-corrected chi connectivity index (χ4v) is 3.23. The minimum absolute atomic E-state index is 0.637. The number of anilines is 2. The van der Waals surface area contributed by atoms with Gasteiger partial charge in [-0.25, -0.2) is 4.98 Å². The number of nitrogens with two attached hydrogens (primary N) is 1. The lowest BCUT2D eigenvalue weighted by molar-refractivity contribution is 0.785. The smallest absolute Gasteiger partial charge is 0.205 e. The highest BCUT2D eigenvalue weighted by atomic mass is 32.1. The molecule has 4 nitrogen and oxygen atoms in total. The minimum atomic E-state index is 0.637. The van der Waals surface area contributed by atoms with Crippen LogP contribution in [0.5, 0.6) is 0 Å². The first-order valence-electron chi connectivity index (χ1n) is 7.24. The monoisotopic (exact) mass is 286 g/mol. The Morgan fingerprint density at radius 3 is 2.55 bits per heavy atom. The summed E-state index contributed by atoms with van der Waals surface area (Å²) in [5.41, 5.74) is 7.85. The molecule has 5 heteroatoms. The van der Waals surface area contributed by atoms with Crippen LogP contribution < -0.4 is 10.6 Å². The SMILES string of the molecule is Nc1ccc(CN(c2nc(C3CC3)ns2)C2CC2)cc1. The van der Waals surface area contributed by atoms with Crippen LogP contribution in [0, 0.1) is 0 Å². The van der Waals surface area contributed by atoms with Gasteiger partial charge in [0.1, 0.15) is 5.82 Å². The third-order valence-electron chi connectivity index (χ3n) is 3.94. The van der Waals surface area contributed by atoms with E-state index in [0.717, 1.165) is 23.2 Å². The zero-order chi connectivity index (χ0) is 13.5. The minimum Gasteiger partial charge on any atom is -0.399 e. The van der Waals surface area contributed by atoms with Gasteiger partial charge in [-0.05, 0) is 43.4 Å². The Balaban J connectivity index is 1.55. The van der Waals surface area contributed by atoms with E-state index in [1.165, 1.54) is 31.2 Å². The third kappa shape index (κ3) is 2.50. The topological polar surface area (TPSA) is 55.0 Å². The fraction of sp³-hybridized carbons (Fsp3) is 0.467. The van der Waals surface area contributed by atoms with E-state index in [4.69, 9.17) is 10.7 Å². The number of aromatic nitrogens is 2. The van der Waals surface area contributed by atoms with Crippen molar-refractivity contribution in [3.8, 4) is 0 Å². The maximum atomic E-state index is 5.75. The van der Waals surface area contributed by atoms with Crippen molar-refractivity contribution in [1.29, 1.82) is 0 Å². The van der Waals surface area contributed by atoms with E-state index in [1.807, 2.05) is 12.1 Å². The normalized spacial score (nSPS) is 18.2. The van der Waals surface area contributed by atoms with Crippen LogP contribution in [-0.2, 0) is 6.54 Å². The standard InChI is InChI=1S/C15H18N4S/c16-12-5-1-10(2-6-12)9-19(13-7-8-13)15-17-14(18-20-15)11-3-4-11/h1-2,5-6,11,13H,3-4,7-9,16H2. The summed E-state index contributed by atoms with van der Waals surface area (Å²) in [7, 11) is 0. The number of nitrogen functional groups attached to an aromatic ring is 1. The molecule has 0 saturated heterocycles. The molecule has 2 saturated carbocycles. The largest absolute Gasteiger partial charge is 0.399 e. The maximum absolute atomic E-state index is 5.75. The number of hydrogen-bond acceptors (Lipinski definition) is 5. The number of rotatable bonds is 5. The van der Waals surface area contributed by atoms with Gasteiger partial charge in [-0.15, -0.1) is 0 Å². The van der Waals surface area contributed by atoms with Crippen LogP contribution in [0.15, 0.2) is 24.3 Å². The van der Waals surface area contributed by atoms with Crippen LogP contribution in [0.2, 0.25) is 0 Å². The van der Waals surface area contributed by atoms with Crippen LogP contribution in [0.4, 0.5) is 10.8 Å². The predicted molar refractivity (Wildman–Crippen MR) is 81.9 cm³/mol. The molecule has 0 amide bonds. The second-order valence-corrected chi connectivity index (χ2v) is 6.54. The lowest BCUT2D eigenvalue weighted by Crippen LogP contribution is -2.24. The lowest BCUT2D eigenvalue weighted by Gasteiger charge is -2.21. The number of hydrogen-bond donors (Lipinski definition) is 1. The molecule has 2 aliphatic rings. The molecule has 0 unspecified atom stereocenters. The summed E-state index contributed by atoms with van der Waals surface area (Å²) < 4.78 is 4.53. The van der Waals surface area contributed by atoms with Gasteiger partial charge in [-0.1, -0.05) is 12.1 Å². The first-order chi connectivity index (χ1) is 9.79. The molecule has 1 aromatic carbocycles. The predicted octanol–water partition coefficient (Wildman–Crippen LogP) is 3.17. The Kier molecular flexibility index (Phi) is 2.88. The second-order valence-electron chi connectivity index (χ2n) is 5.81. The third-order valence-corrected chi connectivity index (χ3v) is 4.71. The van der Waals surface area contributed by atoms with Crippen molar-refractivity contribution in [3.63, 3.8) is 0 Å². The van der Waals surface area contributed by atoms with E-state index < -0.39 is 0 Å². The van der Waals surface area contributed by atoms with Crippen molar-refractivity contribution in [1.82, 2.24) is 9.36 Å². The van der Waals surface area contributed by atoms with Gasteiger partial charge in [0.05, 0.1) is 0 Å². The summed E-state index contributed by atoms with van der Waals surface area (Å²) in [5, 5.41) is 1.09. The lowest BCUT2D eigenvalue weighted by atomic mass is 10.2. The Morgan fingerprint density at radius 2 is 1.90 bits per heavy atom. The highest BCUT2D eigenvalue weighted by Gasteiger charge is 2.33. The van der Waals surface area contributed by atoms with E-state index >= 15 is 0 Å². The van der Waals surface area contributed by atoms with Gasteiger partial charge in [0.15, 0.2) is 0 Å². The molecule has 0 radical (unpaired) electrons. The van der Waals surface area contributed by atoms with Crippen molar-refractivity contribution < 1.29 is 0 Å². The maximum Gasteiger partial charge on any atom is 0.205 e. The molecule has 0 aliphatic heterocycles. The van der Waals surface area contributed by atoms with E-state index in [2.05, 4.69) is 21.4 Å². The first-order valence-corrected chi connectivity index (χ1v) is 8.01. The Bertz CT molecular complexity index is 599. The van der Waals surface area contributed by atoms with E-state index in [-0.39, 0.29) is 0 Å². The van der Waals surface area contributed by atoms with E-state index in [1.54, 1.807) is 11.5 Å². The molecule has 2 aromatic rings. The molecule has 20 heavy (non-hydrogen) atoms. The average molecular weight is 286 g/mol. The van der Waals surface area contributed by atoms with Crippen molar-refractivity contribution in [2.45, 2.75) is 44.2 Å². The summed E-state index contributed by atoms with van der Waals surface area (Å²) in [6, 6.07) is 8.79. The Morgan fingerprint density at radius 1 is 1.15 bits per heavy atom. The Hall–Kier alpha value is -1.62. The summed E-state index contributed by atoms with van der Waals surface area (Å²) in [6.45, 7) is 0.907. The van der Waals surface area contributed by atoms with Gasteiger partial charge >= 0.3 is 0 Å². The quantitative estimate of drug-likeness (QED) is 0.858. The van der Waals surface area contributed by atoms with Gasteiger partial charge in [-0.2, -0.15) is 4.37 Å². The van der Waals surface area contributed by atoms with Crippen LogP contribution >= 0.6 is 11.5 Å². The van der Waals surface area contributed by atoms with Crippen LogP contribution in [-0.4, -0.2) is 15.4 Å². The van der Waals surface area contributed by atoms with Gasteiger partial charge in [-0.3, -0.25) is 0 Å². The molecule has 2 fully saturated rings. The van der Waals surface area contributed by atoms with E-state index in [9.17, 15) is 0 Å². The number of nitrogens with zero attached hydrogens (tertiary/aromatic N) is 3. The van der Waals surface area contributed by atoms with Crippen molar-refractivity contribution in [2.24, 2.45) is 0 Å². The zero-order valence-electron chi connectivity index (χ0n) is 11.3. The zero-order valence-corrected chi connectivity index (χ0v) is 12.1. The van der Waals surface area contributed by atoms with Gasteiger partial charge in [0, 0.05) is 35.7 Å².